The third-order valence-electron chi connectivity index (χ3n) is 8.35. The summed E-state index contributed by atoms with van der Waals surface area (Å²) in [6.45, 7) is 8.74. The lowest BCUT2D eigenvalue weighted by atomic mass is 9.92. The van der Waals surface area contributed by atoms with E-state index in [1.54, 1.807) is 12.4 Å². The van der Waals surface area contributed by atoms with Gasteiger partial charge >= 0.3 is 0 Å². The zero-order valence-corrected chi connectivity index (χ0v) is 22.9. The fourth-order valence-corrected chi connectivity index (χ4v) is 6.20. The van der Waals surface area contributed by atoms with Gasteiger partial charge in [-0.2, -0.15) is 0 Å². The van der Waals surface area contributed by atoms with Crippen LogP contribution in [0.2, 0.25) is 0 Å². The Bertz CT molecular complexity index is 2200. The van der Waals surface area contributed by atoms with E-state index in [0.717, 1.165) is 67.3 Å². The zero-order valence-electron chi connectivity index (χ0n) is 22.9. The topological polar surface area (TPSA) is 79.7 Å². The van der Waals surface area contributed by atoms with Crippen molar-refractivity contribution >= 4 is 65.8 Å². The first-order valence-corrected chi connectivity index (χ1v) is 13.9. The number of benzene rings is 4. The summed E-state index contributed by atoms with van der Waals surface area (Å²) in [6, 6.07) is 15.6. The van der Waals surface area contributed by atoms with Crippen LogP contribution in [0.1, 0.15) is 45.0 Å². The number of fused-ring (bicyclic) bond motifs is 12. The molecule has 40 heavy (non-hydrogen) atoms. The number of aliphatic imine (C=N–C) groups is 1. The van der Waals surface area contributed by atoms with Crippen molar-refractivity contribution in [3.05, 3.63) is 78.6 Å². The largest absolute Gasteiger partial charge is 0.341 e. The predicted molar refractivity (Wildman–Crippen MR) is 165 cm³/mol. The van der Waals surface area contributed by atoms with Crippen molar-refractivity contribution < 1.29 is 0 Å². The minimum absolute atomic E-state index is 0.312. The molecule has 0 atom stereocenters. The van der Waals surface area contributed by atoms with E-state index in [1.807, 2.05) is 12.4 Å². The van der Waals surface area contributed by atoms with Gasteiger partial charge in [0.2, 0.25) is 0 Å². The summed E-state index contributed by atoms with van der Waals surface area (Å²) in [6.07, 6.45) is 8.21. The second kappa shape index (κ2) is 8.39. The van der Waals surface area contributed by atoms with Crippen molar-refractivity contribution in [3.8, 4) is 11.1 Å². The molecule has 1 N–H and O–H groups in total. The molecule has 0 saturated heterocycles. The van der Waals surface area contributed by atoms with Crippen LogP contribution in [0, 0.1) is 5.92 Å². The van der Waals surface area contributed by atoms with Gasteiger partial charge in [-0.3, -0.25) is 19.9 Å². The summed E-state index contributed by atoms with van der Waals surface area (Å²) >= 11 is 0. The second-order valence-corrected chi connectivity index (χ2v) is 11.5. The Morgan fingerprint density at radius 3 is 2.20 bits per heavy atom. The van der Waals surface area contributed by atoms with Crippen LogP contribution in [0.15, 0.2) is 72.2 Å². The normalized spacial score (nSPS) is 13.5. The van der Waals surface area contributed by atoms with Gasteiger partial charge in [0.25, 0.3) is 0 Å². The molecule has 1 aliphatic heterocycles. The monoisotopic (exact) mass is 520 g/mol. The number of imidazole rings is 1. The summed E-state index contributed by atoms with van der Waals surface area (Å²) in [5, 5.41) is 6.93. The molecule has 0 aliphatic carbocycles. The lowest BCUT2D eigenvalue weighted by molar-refractivity contribution is 0.799. The maximum absolute atomic E-state index is 5.01. The summed E-state index contributed by atoms with van der Waals surface area (Å²) in [5.41, 5.74) is 9.62. The summed E-state index contributed by atoms with van der Waals surface area (Å²) < 4.78 is 0. The number of pyridine rings is 1. The van der Waals surface area contributed by atoms with Gasteiger partial charge in [-0.1, -0.05) is 52.0 Å². The number of hydrogen-bond acceptors (Lipinski definition) is 5. The molecule has 4 aromatic carbocycles. The highest BCUT2D eigenvalue weighted by atomic mass is 14.9. The van der Waals surface area contributed by atoms with Gasteiger partial charge in [0.15, 0.2) is 0 Å². The number of rotatable bonds is 3. The van der Waals surface area contributed by atoms with Crippen LogP contribution >= 0.6 is 0 Å². The smallest absolute Gasteiger partial charge is 0.115 e. The average Bonchev–Trinajstić information content (AvgIpc) is 3.64. The van der Waals surface area contributed by atoms with E-state index >= 15 is 0 Å². The Kier molecular flexibility index (Phi) is 4.87. The Morgan fingerprint density at radius 1 is 0.675 bits per heavy atom. The van der Waals surface area contributed by atoms with E-state index in [2.05, 4.69) is 80.1 Å². The fourth-order valence-electron chi connectivity index (χ4n) is 6.20. The standard InChI is InChI=1S/C34H28N6/c1-17(2)28-15-26-21-7-5-20(14-25(21)29-33(31(26)38-28)37-12-11-36-29)19-6-8-23-24(13-19)22-9-10-35-16-27(22)32-30(23)39-34(40-32)18(3)4/h5-14,16-18H,15H2,1-4H3,(H,39,40). The lowest BCUT2D eigenvalue weighted by Crippen LogP contribution is -2.06. The molecule has 1 aliphatic rings. The Hall–Kier alpha value is -4.71. The van der Waals surface area contributed by atoms with Crippen molar-refractivity contribution in [3.63, 3.8) is 0 Å². The maximum atomic E-state index is 5.01. The van der Waals surface area contributed by atoms with Crippen LogP contribution in [0.25, 0.3) is 65.5 Å². The number of hydrogen-bond donors (Lipinski definition) is 1. The number of nitrogens with one attached hydrogen (secondary N) is 1. The van der Waals surface area contributed by atoms with E-state index in [1.165, 1.54) is 27.4 Å². The molecular weight excluding hydrogens is 492 g/mol. The molecule has 8 rings (SSSR count). The molecule has 6 nitrogen and oxygen atoms in total. The third kappa shape index (κ3) is 3.25. The maximum Gasteiger partial charge on any atom is 0.115 e. The first-order valence-electron chi connectivity index (χ1n) is 13.9. The first kappa shape index (κ1) is 23.2. The minimum Gasteiger partial charge on any atom is -0.341 e. The van der Waals surface area contributed by atoms with Crippen molar-refractivity contribution in [2.75, 3.05) is 0 Å². The SMILES string of the molecule is CC(C)C1=Nc2c(c3ccc(-c4ccc5c(c4)c4ccncc4c4nc(C(C)C)[nH]c54)cc3c3nccnc23)C1. The van der Waals surface area contributed by atoms with Crippen LogP contribution in [0.5, 0.6) is 0 Å². The summed E-state index contributed by atoms with van der Waals surface area (Å²) in [7, 11) is 0. The molecule has 0 radical (unpaired) electrons. The fraction of sp³-hybridized carbons (Fsp3) is 0.206. The molecular formula is C34H28N6. The average molecular weight is 521 g/mol. The van der Waals surface area contributed by atoms with Gasteiger partial charge < -0.3 is 4.98 Å². The van der Waals surface area contributed by atoms with Crippen molar-refractivity contribution in [2.45, 2.75) is 40.0 Å². The first-order chi connectivity index (χ1) is 19.5. The number of nitrogens with zero attached hydrogens (tertiary/aromatic N) is 5. The van der Waals surface area contributed by atoms with E-state index < -0.39 is 0 Å². The second-order valence-electron chi connectivity index (χ2n) is 11.5. The van der Waals surface area contributed by atoms with Crippen LogP contribution in [0.4, 0.5) is 5.69 Å². The summed E-state index contributed by atoms with van der Waals surface area (Å²) in [5.74, 6) is 1.71. The van der Waals surface area contributed by atoms with Crippen LogP contribution in [-0.4, -0.2) is 30.6 Å². The Morgan fingerprint density at radius 2 is 1.43 bits per heavy atom. The Balaban J connectivity index is 1.37. The van der Waals surface area contributed by atoms with Crippen molar-refractivity contribution in [1.29, 1.82) is 0 Å². The molecule has 6 heteroatoms. The molecule has 0 bridgehead atoms. The van der Waals surface area contributed by atoms with Crippen molar-refractivity contribution in [1.82, 2.24) is 24.9 Å². The highest BCUT2D eigenvalue weighted by molar-refractivity contribution is 6.24. The molecule has 7 aromatic rings. The molecule has 4 heterocycles. The molecule has 3 aromatic heterocycles. The van der Waals surface area contributed by atoms with Crippen molar-refractivity contribution in [2.24, 2.45) is 10.9 Å². The van der Waals surface area contributed by atoms with Crippen LogP contribution in [-0.2, 0) is 6.42 Å². The molecule has 0 amide bonds. The van der Waals surface area contributed by atoms with Crippen LogP contribution in [0.3, 0.4) is 0 Å². The highest BCUT2D eigenvalue weighted by Gasteiger charge is 2.24. The quantitative estimate of drug-likeness (QED) is 0.237. The minimum atomic E-state index is 0.312. The predicted octanol–water partition coefficient (Wildman–Crippen LogP) is 8.44. The molecule has 194 valence electrons. The lowest BCUT2D eigenvalue weighted by Gasteiger charge is -2.12. The summed E-state index contributed by atoms with van der Waals surface area (Å²) in [4.78, 5) is 27.5. The number of aromatic nitrogens is 5. The zero-order chi connectivity index (χ0) is 27.1. The van der Waals surface area contributed by atoms with Gasteiger partial charge in [-0.25, -0.2) is 4.98 Å². The van der Waals surface area contributed by atoms with E-state index in [-0.39, 0.29) is 0 Å². The Labute approximate surface area is 231 Å². The van der Waals surface area contributed by atoms with Gasteiger partial charge in [-0.15, -0.1) is 0 Å². The number of H-pyrrole nitrogens is 1. The van der Waals surface area contributed by atoms with Gasteiger partial charge in [0, 0.05) is 59.0 Å². The van der Waals surface area contributed by atoms with E-state index in [0.29, 0.717) is 11.8 Å². The van der Waals surface area contributed by atoms with Gasteiger partial charge in [-0.05, 0) is 57.0 Å². The number of aromatic amines is 1. The van der Waals surface area contributed by atoms with E-state index in [9.17, 15) is 0 Å². The van der Waals surface area contributed by atoms with E-state index in [4.69, 9.17) is 19.9 Å². The van der Waals surface area contributed by atoms with Crippen LogP contribution < -0.4 is 0 Å². The molecule has 0 spiro atoms. The molecule has 0 saturated carbocycles. The third-order valence-corrected chi connectivity index (χ3v) is 8.35. The molecule has 0 unspecified atom stereocenters. The highest BCUT2D eigenvalue weighted by Crippen LogP contribution is 2.43. The molecule has 0 fully saturated rings. The van der Waals surface area contributed by atoms with Gasteiger partial charge in [0.1, 0.15) is 11.3 Å². The van der Waals surface area contributed by atoms with Gasteiger partial charge in [0.05, 0.1) is 22.2 Å².